The van der Waals surface area contributed by atoms with Crippen LogP contribution in [-0.4, -0.2) is 84.8 Å². The van der Waals surface area contributed by atoms with E-state index >= 15 is 0 Å². The number of fused-ring (bicyclic) bond motifs is 1. The summed E-state index contributed by atoms with van der Waals surface area (Å²) in [6.45, 7) is 2.24. The first-order chi connectivity index (χ1) is 13.6. The Morgan fingerprint density at radius 1 is 1.18 bits per heavy atom. The molecule has 2 fully saturated rings. The SMILES string of the molecule is COc1cc(OC)c2[nH]c(C(=O)N3CSC[C@@H]3C(=O)N3CCOCC3)cc2c1. The van der Waals surface area contributed by atoms with E-state index < -0.39 is 6.04 Å². The molecule has 1 atom stereocenters. The molecule has 8 nitrogen and oxygen atoms in total. The number of aromatic nitrogens is 1. The summed E-state index contributed by atoms with van der Waals surface area (Å²) in [5, 5.41) is 0.822. The van der Waals surface area contributed by atoms with Crippen LogP contribution in [0.25, 0.3) is 10.9 Å². The molecule has 2 saturated heterocycles. The zero-order chi connectivity index (χ0) is 19.7. The maximum Gasteiger partial charge on any atom is 0.271 e. The van der Waals surface area contributed by atoms with Crippen LogP contribution in [0.5, 0.6) is 11.5 Å². The first-order valence-corrected chi connectivity index (χ1v) is 10.3. The number of thioether (sulfide) groups is 1. The summed E-state index contributed by atoms with van der Waals surface area (Å²) in [6, 6.07) is 4.95. The van der Waals surface area contributed by atoms with Gasteiger partial charge in [-0.1, -0.05) is 0 Å². The molecule has 2 amide bonds. The van der Waals surface area contributed by atoms with Crippen LogP contribution in [0.3, 0.4) is 0 Å². The molecule has 2 aromatic rings. The van der Waals surface area contributed by atoms with E-state index in [0.29, 0.717) is 55.1 Å². The Morgan fingerprint density at radius 2 is 1.96 bits per heavy atom. The number of methoxy groups -OCH3 is 2. The Balaban J connectivity index is 1.60. The van der Waals surface area contributed by atoms with E-state index in [-0.39, 0.29) is 11.8 Å². The Bertz CT molecular complexity index is 893. The number of morpholine rings is 1. The van der Waals surface area contributed by atoms with Gasteiger partial charge in [0.2, 0.25) is 5.91 Å². The van der Waals surface area contributed by atoms with Gasteiger partial charge in [0.25, 0.3) is 5.91 Å². The number of nitrogens with one attached hydrogen (secondary N) is 1. The highest BCUT2D eigenvalue weighted by Crippen LogP contribution is 2.32. The zero-order valence-corrected chi connectivity index (χ0v) is 16.7. The topological polar surface area (TPSA) is 84.1 Å². The number of hydrogen-bond donors (Lipinski definition) is 1. The lowest BCUT2D eigenvalue weighted by Crippen LogP contribution is -2.52. The number of amides is 2. The molecule has 1 aromatic carbocycles. The summed E-state index contributed by atoms with van der Waals surface area (Å²) < 4.78 is 16.0. The lowest BCUT2D eigenvalue weighted by Gasteiger charge is -2.32. The second-order valence-electron chi connectivity index (χ2n) is 6.71. The highest BCUT2D eigenvalue weighted by molar-refractivity contribution is 7.99. The smallest absolute Gasteiger partial charge is 0.271 e. The zero-order valence-electron chi connectivity index (χ0n) is 15.9. The molecular weight excluding hydrogens is 382 g/mol. The fourth-order valence-electron chi connectivity index (χ4n) is 3.58. The van der Waals surface area contributed by atoms with Crippen LogP contribution in [0.15, 0.2) is 18.2 Å². The minimum Gasteiger partial charge on any atom is -0.497 e. The van der Waals surface area contributed by atoms with Crippen molar-refractivity contribution in [3.63, 3.8) is 0 Å². The molecule has 3 heterocycles. The van der Waals surface area contributed by atoms with Gasteiger partial charge in [-0.05, 0) is 12.1 Å². The Morgan fingerprint density at radius 3 is 2.68 bits per heavy atom. The highest BCUT2D eigenvalue weighted by Gasteiger charge is 2.38. The molecule has 9 heteroatoms. The molecule has 0 aliphatic carbocycles. The summed E-state index contributed by atoms with van der Waals surface area (Å²) in [4.78, 5) is 32.7. The standard InChI is InChI=1S/C19H23N3O5S/c1-25-13-7-12-8-14(20-17(12)16(9-13)26-2)18(23)22-11-28-10-15(22)19(24)21-3-5-27-6-4-21/h7-9,15,20H,3-6,10-11H2,1-2H3/t15-/m1/s1. The monoisotopic (exact) mass is 405 g/mol. The summed E-state index contributed by atoms with van der Waals surface area (Å²) in [6.07, 6.45) is 0. The molecule has 150 valence electrons. The molecule has 0 saturated carbocycles. The van der Waals surface area contributed by atoms with Crippen LogP contribution in [0.2, 0.25) is 0 Å². The minimum atomic E-state index is -0.446. The molecule has 4 rings (SSSR count). The fraction of sp³-hybridized carbons (Fsp3) is 0.474. The third-order valence-corrected chi connectivity index (χ3v) is 6.11. The van der Waals surface area contributed by atoms with Crippen LogP contribution < -0.4 is 9.47 Å². The normalized spacial score (nSPS) is 19.9. The van der Waals surface area contributed by atoms with Crippen molar-refractivity contribution in [1.82, 2.24) is 14.8 Å². The van der Waals surface area contributed by atoms with Gasteiger partial charge in [0.05, 0.1) is 38.8 Å². The molecular formula is C19H23N3O5S. The lowest BCUT2D eigenvalue weighted by molar-refractivity contribution is -0.138. The van der Waals surface area contributed by atoms with Gasteiger partial charge in [-0.15, -0.1) is 11.8 Å². The van der Waals surface area contributed by atoms with Crippen molar-refractivity contribution in [2.75, 3.05) is 52.2 Å². The van der Waals surface area contributed by atoms with Gasteiger partial charge in [0.15, 0.2) is 0 Å². The van der Waals surface area contributed by atoms with E-state index in [0.717, 1.165) is 10.9 Å². The fourth-order valence-corrected chi connectivity index (χ4v) is 4.72. The second kappa shape index (κ2) is 7.92. The van der Waals surface area contributed by atoms with Crippen molar-refractivity contribution >= 4 is 34.5 Å². The first-order valence-electron chi connectivity index (χ1n) is 9.12. The van der Waals surface area contributed by atoms with Crippen LogP contribution in [0.1, 0.15) is 10.5 Å². The summed E-state index contributed by atoms with van der Waals surface area (Å²) in [5.41, 5.74) is 1.17. The average Bonchev–Trinajstić information content (AvgIpc) is 3.39. The van der Waals surface area contributed by atoms with Crippen molar-refractivity contribution < 1.29 is 23.8 Å². The van der Waals surface area contributed by atoms with E-state index in [1.165, 1.54) is 0 Å². The number of H-pyrrole nitrogens is 1. The molecule has 0 spiro atoms. The molecule has 1 N–H and O–H groups in total. The summed E-state index contributed by atoms with van der Waals surface area (Å²) in [7, 11) is 3.16. The Kier molecular flexibility index (Phi) is 5.36. The van der Waals surface area contributed by atoms with Gasteiger partial charge in [0, 0.05) is 30.3 Å². The van der Waals surface area contributed by atoms with Gasteiger partial charge in [-0.2, -0.15) is 0 Å². The molecule has 28 heavy (non-hydrogen) atoms. The van der Waals surface area contributed by atoms with E-state index in [2.05, 4.69) is 4.98 Å². The Hall–Kier alpha value is -2.39. The van der Waals surface area contributed by atoms with Crippen LogP contribution in [0, 0.1) is 0 Å². The van der Waals surface area contributed by atoms with Crippen molar-refractivity contribution in [3.05, 3.63) is 23.9 Å². The van der Waals surface area contributed by atoms with Gasteiger partial charge >= 0.3 is 0 Å². The van der Waals surface area contributed by atoms with E-state index in [1.807, 2.05) is 6.07 Å². The molecule has 0 radical (unpaired) electrons. The van der Waals surface area contributed by atoms with Crippen molar-refractivity contribution in [1.29, 1.82) is 0 Å². The van der Waals surface area contributed by atoms with Gasteiger partial charge < -0.3 is 29.0 Å². The second-order valence-corrected chi connectivity index (χ2v) is 7.70. The van der Waals surface area contributed by atoms with E-state index in [4.69, 9.17) is 14.2 Å². The maximum atomic E-state index is 13.2. The summed E-state index contributed by atoms with van der Waals surface area (Å²) >= 11 is 1.59. The summed E-state index contributed by atoms with van der Waals surface area (Å²) in [5.74, 6) is 2.17. The predicted molar refractivity (Wildman–Crippen MR) is 106 cm³/mol. The molecule has 0 unspecified atom stereocenters. The van der Waals surface area contributed by atoms with Gasteiger partial charge in [0.1, 0.15) is 23.2 Å². The third kappa shape index (κ3) is 3.40. The molecule has 2 aliphatic rings. The van der Waals surface area contributed by atoms with E-state index in [1.54, 1.807) is 47.9 Å². The number of aromatic amines is 1. The highest BCUT2D eigenvalue weighted by atomic mass is 32.2. The molecule has 2 aliphatic heterocycles. The molecule has 1 aromatic heterocycles. The molecule has 0 bridgehead atoms. The number of ether oxygens (including phenoxy) is 3. The lowest BCUT2D eigenvalue weighted by atomic mass is 10.2. The number of hydrogen-bond acceptors (Lipinski definition) is 6. The predicted octanol–water partition coefficient (Wildman–Crippen LogP) is 1.56. The number of rotatable bonds is 4. The minimum absolute atomic E-state index is 0.00277. The van der Waals surface area contributed by atoms with Crippen LogP contribution in [0.4, 0.5) is 0 Å². The number of nitrogens with zero attached hydrogens (tertiary/aromatic N) is 2. The quantitative estimate of drug-likeness (QED) is 0.831. The Labute approximate surface area is 167 Å². The maximum absolute atomic E-state index is 13.2. The largest absolute Gasteiger partial charge is 0.497 e. The van der Waals surface area contributed by atoms with Crippen molar-refractivity contribution in [3.8, 4) is 11.5 Å². The first kappa shape index (κ1) is 18.9. The van der Waals surface area contributed by atoms with Gasteiger partial charge in [-0.25, -0.2) is 0 Å². The number of benzene rings is 1. The third-order valence-electron chi connectivity index (χ3n) is 5.10. The van der Waals surface area contributed by atoms with Crippen LogP contribution >= 0.6 is 11.8 Å². The van der Waals surface area contributed by atoms with Crippen LogP contribution in [-0.2, 0) is 9.53 Å². The number of carbonyl (C=O) groups excluding carboxylic acids is 2. The average molecular weight is 405 g/mol. The van der Waals surface area contributed by atoms with Gasteiger partial charge in [-0.3, -0.25) is 9.59 Å². The van der Waals surface area contributed by atoms with E-state index in [9.17, 15) is 9.59 Å². The van der Waals surface area contributed by atoms with Crippen molar-refractivity contribution in [2.24, 2.45) is 0 Å². The van der Waals surface area contributed by atoms with Crippen molar-refractivity contribution in [2.45, 2.75) is 6.04 Å². The number of carbonyl (C=O) groups is 2.